The highest BCUT2D eigenvalue weighted by Gasteiger charge is 2.41. The van der Waals surface area contributed by atoms with Gasteiger partial charge in [0.05, 0.1) is 30.4 Å². The zero-order chi connectivity index (χ0) is 52.8. The van der Waals surface area contributed by atoms with Gasteiger partial charge >= 0.3 is 0 Å². The summed E-state index contributed by atoms with van der Waals surface area (Å²) in [6.45, 7) is 4.53. The predicted octanol–water partition coefficient (Wildman–Crippen LogP) is 5.30. The van der Waals surface area contributed by atoms with E-state index in [9.17, 15) is 28.8 Å². The summed E-state index contributed by atoms with van der Waals surface area (Å²) in [6.07, 6.45) is 11.8. The molecule has 4 aromatic carbocycles. The molecule has 8 atom stereocenters. The zero-order valence-corrected chi connectivity index (χ0v) is 43.8. The smallest absolute Gasteiger partial charge is 0.246 e. The fourth-order valence-electron chi connectivity index (χ4n) is 10.8. The van der Waals surface area contributed by atoms with Crippen LogP contribution in [0.1, 0.15) is 111 Å². The summed E-state index contributed by atoms with van der Waals surface area (Å²) in [5.74, 6) is -0.361. The number of hydrogen-bond donors (Lipinski definition) is 6. The first-order valence-corrected chi connectivity index (χ1v) is 26.9. The first kappa shape index (κ1) is 54.2. The van der Waals surface area contributed by atoms with E-state index in [2.05, 4.69) is 56.2 Å². The third-order valence-electron chi connectivity index (χ3n) is 15.3. The van der Waals surface area contributed by atoms with Gasteiger partial charge in [0.15, 0.2) is 0 Å². The van der Waals surface area contributed by atoms with Crippen LogP contribution in [0.4, 0.5) is 0 Å². The van der Waals surface area contributed by atoms with Gasteiger partial charge in [-0.1, -0.05) is 72.8 Å². The van der Waals surface area contributed by atoms with Gasteiger partial charge in [0, 0.05) is 25.9 Å². The van der Waals surface area contributed by atoms with Crippen LogP contribution in [-0.2, 0) is 54.5 Å². The molecule has 16 heteroatoms. The molecular weight excluding hydrogens is 949 g/mol. The van der Waals surface area contributed by atoms with E-state index in [1.807, 2.05) is 60.7 Å². The van der Waals surface area contributed by atoms with Crippen LogP contribution in [0.5, 0.6) is 11.5 Å². The molecule has 2 unspecified atom stereocenters. The molecule has 4 aliphatic rings. The van der Waals surface area contributed by atoms with Crippen molar-refractivity contribution in [3.8, 4) is 11.5 Å². The Morgan fingerprint density at radius 3 is 1.47 bits per heavy atom. The maximum absolute atomic E-state index is 14.3. The van der Waals surface area contributed by atoms with Gasteiger partial charge in [0.2, 0.25) is 35.4 Å². The summed E-state index contributed by atoms with van der Waals surface area (Å²) >= 11 is 0. The lowest BCUT2D eigenvalue weighted by atomic mass is 9.87. The van der Waals surface area contributed by atoms with Crippen LogP contribution in [0.3, 0.4) is 0 Å². The largest absolute Gasteiger partial charge is 0.489 e. The van der Waals surface area contributed by atoms with Crippen molar-refractivity contribution >= 4 is 35.4 Å². The maximum atomic E-state index is 14.3. The fourth-order valence-corrected chi connectivity index (χ4v) is 10.8. The third-order valence-corrected chi connectivity index (χ3v) is 15.3. The lowest BCUT2D eigenvalue weighted by molar-refractivity contribution is -0.141. The Balaban J connectivity index is 0.832. The molecule has 2 aliphatic heterocycles. The second kappa shape index (κ2) is 25.9. The Hall–Kier alpha value is -7.04. The summed E-state index contributed by atoms with van der Waals surface area (Å²) < 4.78 is 11.8. The Labute approximate surface area is 441 Å². The third kappa shape index (κ3) is 13.8. The van der Waals surface area contributed by atoms with E-state index < -0.39 is 36.3 Å². The van der Waals surface area contributed by atoms with E-state index in [1.165, 1.54) is 17.4 Å². The molecule has 0 aromatic heterocycles. The van der Waals surface area contributed by atoms with Crippen LogP contribution in [-0.4, -0.2) is 115 Å². The second-order valence-electron chi connectivity index (χ2n) is 20.3. The standard InChI is InChI=1S/C59H74N8O8/c1-38(60-3)54(68)64-50(58(72)66-32-11-22-52(66)56(70)62-48-20-9-16-42-14-5-7-18-46(42)48)36-40-24-28-44(29-25-40)74-34-13-35-75-45-30-26-41(27-31-45)37-51(65-55(69)39(2)61-4)59(73)67-33-12-23-53(67)57(71)63-49-21-10-17-43-15-6-8-19-47(43)49/h5-8,13-15,18-19,24-31,34,38-39,48-53,60-61H,9-12,16-17,20-23,32-33,35-37H2,1-4H3,(H,62,70)(H,63,71)(H,64,68)(H,65,69)/t38-,39-,48+,49+,50?,51-,52-,53?/m0/s1. The highest BCUT2D eigenvalue weighted by Crippen LogP contribution is 2.32. The van der Waals surface area contributed by atoms with Crippen molar-refractivity contribution in [1.82, 2.24) is 41.7 Å². The van der Waals surface area contributed by atoms with E-state index >= 15 is 0 Å². The summed E-state index contributed by atoms with van der Waals surface area (Å²) in [6, 6.07) is 26.8. The highest BCUT2D eigenvalue weighted by atomic mass is 16.5. The average Bonchev–Trinajstić information content (AvgIpc) is 4.15. The predicted molar refractivity (Wildman–Crippen MR) is 286 cm³/mol. The number of amides is 6. The normalized spacial score (nSPS) is 20.7. The first-order chi connectivity index (χ1) is 36.4. The lowest BCUT2D eigenvalue weighted by Crippen LogP contribution is -2.56. The van der Waals surface area contributed by atoms with Crippen LogP contribution >= 0.6 is 0 Å². The SMILES string of the molecule is CN[C@@H](C)C(=O)NC(Cc1ccc(OC=CCOc2ccc(C[C@H](NC(=O)[C@H](C)NC)C(=O)N3CCCC3C(=O)N[C@@H]3CCCc4ccccc43)cc2)cc1)C(=O)N1CCC[C@H]1C(=O)N[C@@H]1CCCc2ccccc21. The molecule has 2 heterocycles. The molecule has 4 aromatic rings. The monoisotopic (exact) mass is 1020 g/mol. The van der Waals surface area contributed by atoms with Gasteiger partial charge < -0.3 is 51.2 Å². The van der Waals surface area contributed by atoms with Gasteiger partial charge in [0.1, 0.15) is 42.3 Å². The number of nitrogens with one attached hydrogen (secondary N) is 6. The summed E-state index contributed by atoms with van der Waals surface area (Å²) in [4.78, 5) is 85.8. The molecule has 0 bridgehead atoms. The minimum atomic E-state index is -0.889. The number of likely N-dealkylation sites (N-methyl/N-ethyl adjacent to an activating group) is 2. The van der Waals surface area contributed by atoms with Crippen LogP contribution in [0, 0.1) is 0 Å². The van der Waals surface area contributed by atoms with E-state index in [0.717, 1.165) is 60.8 Å². The average molecular weight is 1020 g/mol. The first-order valence-electron chi connectivity index (χ1n) is 26.9. The van der Waals surface area contributed by atoms with Crippen molar-refractivity contribution in [2.45, 2.75) is 139 Å². The molecular formula is C59H74N8O8. The number of ether oxygens (including phenoxy) is 2. The molecule has 0 radical (unpaired) electrons. The summed E-state index contributed by atoms with van der Waals surface area (Å²) in [5.41, 5.74) is 6.39. The number of rotatable bonds is 21. The number of aryl methyl sites for hydroxylation is 2. The van der Waals surface area contributed by atoms with Crippen LogP contribution in [0.25, 0.3) is 0 Å². The van der Waals surface area contributed by atoms with Crippen molar-refractivity contribution in [2.75, 3.05) is 33.8 Å². The van der Waals surface area contributed by atoms with E-state index in [0.29, 0.717) is 50.3 Å². The number of carbonyl (C=O) groups is 6. The van der Waals surface area contributed by atoms with Gasteiger partial charge in [-0.15, -0.1) is 0 Å². The highest BCUT2D eigenvalue weighted by molar-refractivity contribution is 5.95. The van der Waals surface area contributed by atoms with Crippen LogP contribution in [0.15, 0.2) is 109 Å². The van der Waals surface area contributed by atoms with Crippen molar-refractivity contribution in [3.63, 3.8) is 0 Å². The van der Waals surface area contributed by atoms with E-state index in [1.54, 1.807) is 56.0 Å². The molecule has 16 nitrogen and oxygen atoms in total. The van der Waals surface area contributed by atoms with Crippen LogP contribution in [0.2, 0.25) is 0 Å². The zero-order valence-electron chi connectivity index (χ0n) is 43.8. The molecule has 398 valence electrons. The maximum Gasteiger partial charge on any atom is 0.246 e. The molecule has 2 aliphatic carbocycles. The number of nitrogens with zero attached hydrogens (tertiary/aromatic N) is 2. The van der Waals surface area contributed by atoms with Gasteiger partial charge in [-0.05, 0) is 156 Å². The van der Waals surface area contributed by atoms with Crippen molar-refractivity contribution in [1.29, 1.82) is 0 Å². The van der Waals surface area contributed by atoms with Gasteiger partial charge in [-0.2, -0.15) is 0 Å². The molecule has 2 fully saturated rings. The van der Waals surface area contributed by atoms with Gasteiger partial charge in [0.25, 0.3) is 0 Å². The van der Waals surface area contributed by atoms with E-state index in [-0.39, 0.29) is 67.0 Å². The van der Waals surface area contributed by atoms with Crippen molar-refractivity contribution < 1.29 is 38.2 Å². The minimum Gasteiger partial charge on any atom is -0.489 e. The Morgan fingerprint density at radius 1 is 0.573 bits per heavy atom. The molecule has 2 saturated heterocycles. The molecule has 8 rings (SSSR count). The second-order valence-corrected chi connectivity index (χ2v) is 20.3. The molecule has 0 saturated carbocycles. The molecule has 6 N–H and O–H groups in total. The summed E-state index contributed by atoms with van der Waals surface area (Å²) in [5, 5.41) is 18.3. The number of benzene rings is 4. The number of carbonyl (C=O) groups excluding carboxylic acids is 6. The Morgan fingerprint density at radius 2 is 1.01 bits per heavy atom. The molecule has 0 spiro atoms. The molecule has 75 heavy (non-hydrogen) atoms. The number of fused-ring (bicyclic) bond motifs is 2. The van der Waals surface area contributed by atoms with Gasteiger partial charge in [-0.3, -0.25) is 28.8 Å². The fraction of sp³-hybridized carbons (Fsp3) is 0.458. The van der Waals surface area contributed by atoms with Crippen LogP contribution < -0.4 is 41.4 Å². The van der Waals surface area contributed by atoms with Gasteiger partial charge in [-0.25, -0.2) is 0 Å². The topological polar surface area (TPSA) is 200 Å². The van der Waals surface area contributed by atoms with Crippen molar-refractivity contribution in [3.05, 3.63) is 143 Å². The minimum absolute atomic E-state index is 0.0989. The lowest BCUT2D eigenvalue weighted by Gasteiger charge is -2.32. The Bertz CT molecular complexity index is 2660. The summed E-state index contributed by atoms with van der Waals surface area (Å²) in [7, 11) is 3.38. The quantitative estimate of drug-likeness (QED) is 0.0596. The van der Waals surface area contributed by atoms with Crippen molar-refractivity contribution in [2.24, 2.45) is 0 Å². The van der Waals surface area contributed by atoms with E-state index in [4.69, 9.17) is 9.47 Å². The Kier molecular flexibility index (Phi) is 18.8. The number of hydrogen-bond acceptors (Lipinski definition) is 10. The number of likely N-dealkylation sites (tertiary alicyclic amines) is 2. The molecule has 6 amide bonds.